The Labute approximate surface area is 127 Å². The first-order valence-electron chi connectivity index (χ1n) is 8.17. The van der Waals surface area contributed by atoms with Crippen molar-refractivity contribution in [3.63, 3.8) is 0 Å². The number of anilines is 1. The summed E-state index contributed by atoms with van der Waals surface area (Å²) in [5, 5.41) is 13.3. The van der Waals surface area contributed by atoms with Crippen LogP contribution in [-0.2, 0) is 0 Å². The number of fused-ring (bicyclic) bond motifs is 1. The molecule has 0 unspecified atom stereocenters. The highest BCUT2D eigenvalue weighted by Crippen LogP contribution is 2.43. The van der Waals surface area contributed by atoms with Crippen LogP contribution in [0.1, 0.15) is 39.5 Å². The molecule has 4 nitrogen and oxygen atoms in total. The van der Waals surface area contributed by atoms with Crippen LogP contribution in [0, 0.1) is 0 Å². The largest absolute Gasteiger partial charge is 0.508 e. The predicted octanol–water partition coefficient (Wildman–Crippen LogP) is 2.90. The van der Waals surface area contributed by atoms with Crippen molar-refractivity contribution in [3.05, 3.63) is 18.2 Å². The molecule has 3 rings (SSSR count). The molecule has 1 fully saturated rings. The molecule has 0 amide bonds. The van der Waals surface area contributed by atoms with Crippen molar-refractivity contribution in [2.24, 2.45) is 0 Å². The van der Waals surface area contributed by atoms with E-state index in [9.17, 15) is 5.11 Å². The molecule has 2 N–H and O–H groups in total. The fraction of sp³-hybridized carbons (Fsp3) is 0.647. The molecule has 2 aliphatic rings. The average molecular weight is 290 g/mol. The van der Waals surface area contributed by atoms with E-state index < -0.39 is 0 Å². The van der Waals surface area contributed by atoms with E-state index >= 15 is 0 Å². The maximum Gasteiger partial charge on any atom is 0.143 e. The third kappa shape index (κ3) is 2.69. The van der Waals surface area contributed by atoms with Gasteiger partial charge in [0.05, 0.1) is 12.2 Å². The summed E-state index contributed by atoms with van der Waals surface area (Å²) >= 11 is 0. The number of phenols is 1. The molecule has 4 heteroatoms. The summed E-state index contributed by atoms with van der Waals surface area (Å²) in [6, 6.07) is 6.03. The van der Waals surface area contributed by atoms with Gasteiger partial charge in [0.2, 0.25) is 0 Å². The van der Waals surface area contributed by atoms with Crippen LogP contribution in [-0.4, -0.2) is 36.4 Å². The topological polar surface area (TPSA) is 44.7 Å². The molecule has 1 aromatic rings. The average Bonchev–Trinajstić information content (AvgIpc) is 2.55. The molecule has 0 spiro atoms. The van der Waals surface area contributed by atoms with Gasteiger partial charge >= 0.3 is 0 Å². The molecule has 0 aliphatic carbocycles. The molecular weight excluding hydrogens is 264 g/mol. The van der Waals surface area contributed by atoms with Gasteiger partial charge in [0.25, 0.3) is 0 Å². The monoisotopic (exact) mass is 290 g/mol. The number of phenolic OH excluding ortho intramolecular Hbond substituents is 1. The maximum atomic E-state index is 9.85. The Kier molecular flexibility index (Phi) is 3.98. The van der Waals surface area contributed by atoms with Gasteiger partial charge in [0, 0.05) is 12.1 Å². The number of ether oxygens (including phenoxy) is 1. The first kappa shape index (κ1) is 14.5. The van der Waals surface area contributed by atoms with E-state index in [2.05, 4.69) is 24.1 Å². The molecule has 0 radical (unpaired) electrons. The molecule has 116 valence electrons. The minimum atomic E-state index is -0.102. The molecule has 0 bridgehead atoms. The van der Waals surface area contributed by atoms with E-state index in [0.717, 1.165) is 56.8 Å². The standard InChI is InChI=1S/C17H26N2O2/c1-3-17(4-2)12-19(13-7-9-18-10-8-13)15-11-14(20)5-6-16(15)21-17/h5-6,11,13,18,20H,3-4,7-10,12H2,1-2H3. The van der Waals surface area contributed by atoms with Gasteiger partial charge in [-0.2, -0.15) is 0 Å². The molecule has 0 aromatic heterocycles. The highest BCUT2D eigenvalue weighted by atomic mass is 16.5. The summed E-state index contributed by atoms with van der Waals surface area (Å²) in [7, 11) is 0. The zero-order chi connectivity index (χ0) is 14.9. The van der Waals surface area contributed by atoms with E-state index in [-0.39, 0.29) is 5.60 Å². The number of rotatable bonds is 3. The summed E-state index contributed by atoms with van der Waals surface area (Å²) < 4.78 is 6.33. The number of nitrogens with one attached hydrogen (secondary N) is 1. The van der Waals surface area contributed by atoms with Crippen molar-refractivity contribution in [2.45, 2.75) is 51.2 Å². The summed E-state index contributed by atoms with van der Waals surface area (Å²) in [6.07, 6.45) is 4.31. The number of piperidine rings is 1. The van der Waals surface area contributed by atoms with E-state index in [0.29, 0.717) is 11.8 Å². The second-order valence-corrected chi connectivity index (χ2v) is 6.25. The van der Waals surface area contributed by atoms with E-state index in [1.54, 1.807) is 6.07 Å². The smallest absolute Gasteiger partial charge is 0.143 e. The van der Waals surface area contributed by atoms with Gasteiger partial charge < -0.3 is 20.1 Å². The van der Waals surface area contributed by atoms with Gasteiger partial charge in [0.1, 0.15) is 17.1 Å². The van der Waals surface area contributed by atoms with Crippen molar-refractivity contribution >= 4 is 5.69 Å². The van der Waals surface area contributed by atoms with Crippen LogP contribution in [0.25, 0.3) is 0 Å². The van der Waals surface area contributed by atoms with Crippen LogP contribution in [0.5, 0.6) is 11.5 Å². The second kappa shape index (κ2) is 5.76. The van der Waals surface area contributed by atoms with Crippen molar-refractivity contribution in [1.29, 1.82) is 0 Å². The molecule has 1 saturated heterocycles. The zero-order valence-electron chi connectivity index (χ0n) is 13.1. The van der Waals surface area contributed by atoms with Crippen LogP contribution in [0.3, 0.4) is 0 Å². The Hall–Kier alpha value is -1.42. The third-order valence-electron chi connectivity index (χ3n) is 5.08. The minimum Gasteiger partial charge on any atom is -0.508 e. The van der Waals surface area contributed by atoms with Crippen molar-refractivity contribution in [3.8, 4) is 11.5 Å². The molecule has 2 heterocycles. The molecule has 0 saturated carbocycles. The molecule has 1 aromatic carbocycles. The first-order valence-corrected chi connectivity index (χ1v) is 8.17. The quantitative estimate of drug-likeness (QED) is 0.898. The molecule has 2 aliphatic heterocycles. The Morgan fingerprint density at radius 1 is 1.29 bits per heavy atom. The Balaban J connectivity index is 1.98. The predicted molar refractivity (Wildman–Crippen MR) is 85.3 cm³/mol. The highest BCUT2D eigenvalue weighted by Gasteiger charge is 2.39. The van der Waals surface area contributed by atoms with Crippen LogP contribution in [0.15, 0.2) is 18.2 Å². The second-order valence-electron chi connectivity index (χ2n) is 6.25. The van der Waals surface area contributed by atoms with Gasteiger partial charge in [0.15, 0.2) is 0 Å². The fourth-order valence-electron chi connectivity index (χ4n) is 3.54. The maximum absolute atomic E-state index is 9.85. The van der Waals surface area contributed by atoms with E-state index in [1.807, 2.05) is 12.1 Å². The number of benzene rings is 1. The SMILES string of the molecule is CCC1(CC)CN(C2CCNCC2)c2cc(O)ccc2O1. The Bertz CT molecular complexity index is 494. The van der Waals surface area contributed by atoms with Gasteiger partial charge in [-0.25, -0.2) is 0 Å². The molecule has 0 atom stereocenters. The van der Waals surface area contributed by atoms with Gasteiger partial charge in [-0.15, -0.1) is 0 Å². The summed E-state index contributed by atoms with van der Waals surface area (Å²) in [5.74, 6) is 1.23. The summed E-state index contributed by atoms with van der Waals surface area (Å²) in [6.45, 7) is 7.47. The van der Waals surface area contributed by atoms with Crippen molar-refractivity contribution in [1.82, 2.24) is 5.32 Å². The lowest BCUT2D eigenvalue weighted by molar-refractivity contribution is 0.0536. The molecular formula is C17H26N2O2. The van der Waals surface area contributed by atoms with Crippen LogP contribution < -0.4 is 15.0 Å². The van der Waals surface area contributed by atoms with Gasteiger partial charge in [-0.3, -0.25) is 0 Å². The number of nitrogens with zero attached hydrogens (tertiary/aromatic N) is 1. The number of aromatic hydroxyl groups is 1. The lowest BCUT2D eigenvalue weighted by atomic mass is 9.91. The van der Waals surface area contributed by atoms with Crippen LogP contribution >= 0.6 is 0 Å². The minimum absolute atomic E-state index is 0.102. The third-order valence-corrected chi connectivity index (χ3v) is 5.08. The Morgan fingerprint density at radius 2 is 2.00 bits per heavy atom. The normalized spacial score (nSPS) is 21.7. The van der Waals surface area contributed by atoms with E-state index in [4.69, 9.17) is 4.74 Å². The van der Waals surface area contributed by atoms with Crippen LogP contribution in [0.4, 0.5) is 5.69 Å². The molecule has 21 heavy (non-hydrogen) atoms. The first-order chi connectivity index (χ1) is 10.2. The highest BCUT2D eigenvalue weighted by molar-refractivity contribution is 5.64. The van der Waals surface area contributed by atoms with Gasteiger partial charge in [-0.1, -0.05) is 13.8 Å². The number of hydrogen-bond donors (Lipinski definition) is 2. The van der Waals surface area contributed by atoms with Crippen LogP contribution in [0.2, 0.25) is 0 Å². The lowest BCUT2D eigenvalue weighted by Crippen LogP contribution is -2.55. The van der Waals surface area contributed by atoms with Crippen molar-refractivity contribution in [2.75, 3.05) is 24.5 Å². The summed E-state index contributed by atoms with van der Waals surface area (Å²) in [5.41, 5.74) is 0.953. The zero-order valence-corrected chi connectivity index (χ0v) is 13.1. The lowest BCUT2D eigenvalue weighted by Gasteiger charge is -2.48. The van der Waals surface area contributed by atoms with Crippen molar-refractivity contribution < 1.29 is 9.84 Å². The van der Waals surface area contributed by atoms with Gasteiger partial charge in [-0.05, 0) is 50.9 Å². The Morgan fingerprint density at radius 3 is 2.67 bits per heavy atom. The number of hydrogen-bond acceptors (Lipinski definition) is 4. The summed E-state index contributed by atoms with van der Waals surface area (Å²) in [4.78, 5) is 2.48. The fourth-order valence-corrected chi connectivity index (χ4v) is 3.54. The van der Waals surface area contributed by atoms with E-state index in [1.165, 1.54) is 0 Å².